The first-order valence-electron chi connectivity index (χ1n) is 5.70. The number of anilines is 1. The van der Waals surface area contributed by atoms with E-state index in [1.807, 2.05) is 36.3 Å². The van der Waals surface area contributed by atoms with Gasteiger partial charge in [-0.25, -0.2) is 0 Å². The van der Waals surface area contributed by atoms with Crippen LogP contribution in [0.4, 0.5) is 5.69 Å². The number of benzene rings is 1. The summed E-state index contributed by atoms with van der Waals surface area (Å²) in [5, 5.41) is 11.9. The third kappa shape index (κ3) is 3.17. The predicted octanol–water partition coefficient (Wildman–Crippen LogP) is 1.85. The van der Waals surface area contributed by atoms with Crippen LogP contribution < -0.4 is 10.2 Å². The van der Waals surface area contributed by atoms with Gasteiger partial charge in [0.1, 0.15) is 6.07 Å². The van der Waals surface area contributed by atoms with Gasteiger partial charge in [0.15, 0.2) is 0 Å². The average molecular weight is 263 g/mol. The maximum atomic E-state index is 11.5. The van der Waals surface area contributed by atoms with Crippen molar-refractivity contribution < 1.29 is 4.79 Å². The number of carbonyl (C=O) groups is 1. The molecular formula is C13H17N3OS. The van der Waals surface area contributed by atoms with E-state index in [9.17, 15) is 10.1 Å². The summed E-state index contributed by atoms with van der Waals surface area (Å²) in [5.41, 5.74) is 1.45. The van der Waals surface area contributed by atoms with Crippen LogP contribution in [0.2, 0.25) is 0 Å². The van der Waals surface area contributed by atoms with Crippen molar-refractivity contribution in [3.8, 4) is 6.07 Å². The van der Waals surface area contributed by atoms with Gasteiger partial charge in [0.2, 0.25) is 5.91 Å². The maximum Gasteiger partial charge on any atom is 0.239 e. The maximum absolute atomic E-state index is 11.5. The van der Waals surface area contributed by atoms with Gasteiger partial charge in [-0.15, -0.1) is 11.8 Å². The summed E-state index contributed by atoms with van der Waals surface area (Å²) in [6.07, 6.45) is 1.94. The number of nitrogens with zero attached hydrogens (tertiary/aromatic N) is 2. The highest BCUT2D eigenvalue weighted by molar-refractivity contribution is 7.98. The van der Waals surface area contributed by atoms with E-state index in [2.05, 4.69) is 11.4 Å². The molecule has 0 fully saturated rings. The van der Waals surface area contributed by atoms with Gasteiger partial charge < -0.3 is 10.2 Å². The van der Waals surface area contributed by atoms with E-state index >= 15 is 0 Å². The minimum atomic E-state index is -0.0599. The van der Waals surface area contributed by atoms with Crippen LogP contribution in [0.3, 0.4) is 0 Å². The van der Waals surface area contributed by atoms with Gasteiger partial charge in [0.05, 0.1) is 17.8 Å². The molecule has 1 rings (SSSR count). The van der Waals surface area contributed by atoms with Gasteiger partial charge in [0.25, 0.3) is 0 Å². The van der Waals surface area contributed by atoms with Crippen molar-refractivity contribution in [2.24, 2.45) is 0 Å². The first-order chi connectivity index (χ1) is 8.67. The van der Waals surface area contributed by atoms with E-state index in [1.54, 1.807) is 7.05 Å². The van der Waals surface area contributed by atoms with Crippen molar-refractivity contribution in [2.45, 2.75) is 11.8 Å². The Morgan fingerprint density at radius 3 is 2.78 bits per heavy atom. The van der Waals surface area contributed by atoms with Crippen LogP contribution in [0.25, 0.3) is 0 Å². The van der Waals surface area contributed by atoms with Gasteiger partial charge in [-0.05, 0) is 25.3 Å². The Labute approximate surface area is 112 Å². The number of hydrogen-bond donors (Lipinski definition) is 1. The summed E-state index contributed by atoms with van der Waals surface area (Å²) in [4.78, 5) is 14.3. The average Bonchev–Trinajstić information content (AvgIpc) is 2.43. The lowest BCUT2D eigenvalue weighted by molar-refractivity contribution is -0.119. The van der Waals surface area contributed by atoms with E-state index in [0.29, 0.717) is 12.1 Å². The summed E-state index contributed by atoms with van der Waals surface area (Å²) in [6, 6.07) is 7.93. The second-order valence-electron chi connectivity index (χ2n) is 3.65. The highest BCUT2D eigenvalue weighted by atomic mass is 32.2. The predicted molar refractivity (Wildman–Crippen MR) is 74.9 cm³/mol. The van der Waals surface area contributed by atoms with Crippen LogP contribution in [0, 0.1) is 11.3 Å². The number of likely N-dealkylation sites (N-methyl/N-ethyl adjacent to an activating group) is 2. The molecule has 0 spiro atoms. The lowest BCUT2D eigenvalue weighted by atomic mass is 10.1. The van der Waals surface area contributed by atoms with Gasteiger partial charge in [-0.3, -0.25) is 4.79 Å². The highest BCUT2D eigenvalue weighted by Crippen LogP contribution is 2.28. The van der Waals surface area contributed by atoms with Crippen molar-refractivity contribution in [2.75, 3.05) is 31.3 Å². The fourth-order valence-electron chi connectivity index (χ4n) is 1.69. The van der Waals surface area contributed by atoms with Crippen LogP contribution in [-0.2, 0) is 4.79 Å². The number of rotatable bonds is 5. The molecule has 1 amide bonds. The minimum Gasteiger partial charge on any atom is -0.361 e. The molecule has 0 aromatic heterocycles. The SMILES string of the molecule is CCN(CC(=O)NC)c1cccc(SC)c1C#N. The summed E-state index contributed by atoms with van der Waals surface area (Å²) >= 11 is 1.54. The van der Waals surface area contributed by atoms with Crippen molar-refractivity contribution in [1.82, 2.24) is 5.32 Å². The van der Waals surface area contributed by atoms with Gasteiger partial charge in [0, 0.05) is 18.5 Å². The zero-order valence-corrected chi connectivity index (χ0v) is 11.7. The standard InChI is InChI=1S/C13H17N3OS/c1-4-16(9-13(17)15-2)11-6-5-7-12(18-3)10(11)8-14/h5-7H,4,9H2,1-3H3,(H,15,17). The van der Waals surface area contributed by atoms with Crippen molar-refractivity contribution in [3.63, 3.8) is 0 Å². The van der Waals surface area contributed by atoms with Gasteiger partial charge >= 0.3 is 0 Å². The first kappa shape index (κ1) is 14.4. The number of nitrogens with one attached hydrogen (secondary N) is 1. The molecule has 0 aliphatic heterocycles. The molecule has 0 aliphatic rings. The van der Waals surface area contributed by atoms with Crippen molar-refractivity contribution in [3.05, 3.63) is 23.8 Å². The van der Waals surface area contributed by atoms with Gasteiger partial charge in [-0.1, -0.05) is 6.07 Å². The zero-order chi connectivity index (χ0) is 13.5. The zero-order valence-electron chi connectivity index (χ0n) is 10.9. The van der Waals surface area contributed by atoms with E-state index in [4.69, 9.17) is 0 Å². The Bertz CT molecular complexity index is 468. The van der Waals surface area contributed by atoms with Gasteiger partial charge in [-0.2, -0.15) is 5.26 Å². The number of hydrogen-bond acceptors (Lipinski definition) is 4. The molecule has 1 N–H and O–H groups in total. The Morgan fingerprint density at radius 2 is 2.28 bits per heavy atom. The second kappa shape index (κ2) is 6.92. The number of amides is 1. The summed E-state index contributed by atoms with van der Waals surface area (Å²) in [6.45, 7) is 2.91. The van der Waals surface area contributed by atoms with Crippen LogP contribution in [0.5, 0.6) is 0 Å². The molecule has 18 heavy (non-hydrogen) atoms. The number of carbonyl (C=O) groups excluding carboxylic acids is 1. The molecule has 0 unspecified atom stereocenters. The molecule has 0 radical (unpaired) electrons. The van der Waals surface area contributed by atoms with E-state index in [-0.39, 0.29) is 12.5 Å². The van der Waals surface area contributed by atoms with E-state index < -0.39 is 0 Å². The number of thioether (sulfide) groups is 1. The first-order valence-corrected chi connectivity index (χ1v) is 6.93. The van der Waals surface area contributed by atoms with Crippen LogP contribution >= 0.6 is 11.8 Å². The van der Waals surface area contributed by atoms with E-state index in [0.717, 1.165) is 10.6 Å². The lowest BCUT2D eigenvalue weighted by Crippen LogP contribution is -2.35. The van der Waals surface area contributed by atoms with Crippen LogP contribution in [-0.4, -0.2) is 32.3 Å². The molecule has 0 atom stereocenters. The molecular weight excluding hydrogens is 246 g/mol. The summed E-state index contributed by atoms with van der Waals surface area (Å²) in [7, 11) is 1.61. The van der Waals surface area contributed by atoms with Crippen molar-refractivity contribution in [1.29, 1.82) is 5.26 Å². The smallest absolute Gasteiger partial charge is 0.239 e. The Morgan fingerprint density at radius 1 is 1.56 bits per heavy atom. The fraction of sp³-hybridized carbons (Fsp3) is 0.385. The second-order valence-corrected chi connectivity index (χ2v) is 4.50. The Hall–Kier alpha value is -1.67. The molecule has 0 saturated carbocycles. The Kier molecular flexibility index (Phi) is 5.53. The van der Waals surface area contributed by atoms with E-state index in [1.165, 1.54) is 11.8 Å². The topological polar surface area (TPSA) is 56.1 Å². The molecule has 1 aromatic rings. The third-order valence-electron chi connectivity index (χ3n) is 2.67. The fourth-order valence-corrected chi connectivity index (χ4v) is 2.25. The molecule has 0 bridgehead atoms. The normalized spacial score (nSPS) is 9.67. The third-order valence-corrected chi connectivity index (χ3v) is 3.45. The summed E-state index contributed by atoms with van der Waals surface area (Å²) < 4.78 is 0. The molecule has 96 valence electrons. The molecule has 1 aromatic carbocycles. The quantitative estimate of drug-likeness (QED) is 0.824. The lowest BCUT2D eigenvalue weighted by Gasteiger charge is -2.23. The number of nitriles is 1. The minimum absolute atomic E-state index is 0.0599. The monoisotopic (exact) mass is 263 g/mol. The van der Waals surface area contributed by atoms with Crippen molar-refractivity contribution >= 4 is 23.4 Å². The van der Waals surface area contributed by atoms with Crippen LogP contribution in [0.1, 0.15) is 12.5 Å². The molecule has 0 saturated heterocycles. The molecule has 0 aliphatic carbocycles. The van der Waals surface area contributed by atoms with Crippen LogP contribution in [0.15, 0.2) is 23.1 Å². The molecule has 5 heteroatoms. The molecule has 0 heterocycles. The summed E-state index contributed by atoms with van der Waals surface area (Å²) in [5.74, 6) is -0.0599. The highest BCUT2D eigenvalue weighted by Gasteiger charge is 2.15. The Balaban J connectivity index is 3.13. The largest absolute Gasteiger partial charge is 0.361 e. The molecule has 4 nitrogen and oxygen atoms in total.